The third-order valence-corrected chi connectivity index (χ3v) is 5.55. The van der Waals surface area contributed by atoms with Crippen molar-refractivity contribution in [2.45, 2.75) is 18.9 Å². The Bertz CT molecular complexity index is 1050. The van der Waals surface area contributed by atoms with Crippen molar-refractivity contribution in [2.75, 3.05) is 13.1 Å². The summed E-state index contributed by atoms with van der Waals surface area (Å²) in [6.45, 7) is 2.28. The van der Waals surface area contributed by atoms with Crippen molar-refractivity contribution < 1.29 is 0 Å². The van der Waals surface area contributed by atoms with E-state index >= 15 is 0 Å². The van der Waals surface area contributed by atoms with Gasteiger partial charge in [-0.2, -0.15) is 0 Å². The number of aromatic nitrogens is 3. The number of fused-ring (bicyclic) bond motifs is 1. The average Bonchev–Trinajstić information content (AvgIpc) is 2.89. The van der Waals surface area contributed by atoms with Crippen LogP contribution in [0.15, 0.2) is 52.3 Å². The number of H-pyrrole nitrogens is 1. The Morgan fingerprint density at radius 1 is 1.04 bits per heavy atom. The summed E-state index contributed by atoms with van der Waals surface area (Å²) in [6.07, 6.45) is 6.08. The molecule has 0 radical (unpaired) electrons. The fourth-order valence-electron chi connectivity index (χ4n) is 4.21. The third-order valence-electron chi connectivity index (χ3n) is 5.55. The van der Waals surface area contributed by atoms with E-state index in [0.29, 0.717) is 11.5 Å². The van der Waals surface area contributed by atoms with Crippen LogP contribution >= 0.6 is 0 Å². The molecule has 0 unspecified atom stereocenters. The van der Waals surface area contributed by atoms with Gasteiger partial charge in [-0.3, -0.25) is 14.3 Å². The van der Waals surface area contributed by atoms with E-state index in [9.17, 15) is 9.59 Å². The zero-order chi connectivity index (χ0) is 16.3. The largest absolute Gasteiger partial charge is 0.344 e. The number of nitrogens with one attached hydrogen (secondary N) is 2. The lowest BCUT2D eigenvalue weighted by Gasteiger charge is -2.54. The fraction of sp³-hybridized carbons (Fsp3) is 0.333. The molecule has 3 heterocycles. The van der Waals surface area contributed by atoms with Gasteiger partial charge in [0.25, 0.3) is 5.56 Å². The van der Waals surface area contributed by atoms with Crippen molar-refractivity contribution in [3.63, 3.8) is 0 Å². The molecule has 0 atom stereocenters. The molecule has 2 fully saturated rings. The molecule has 0 amide bonds. The summed E-state index contributed by atoms with van der Waals surface area (Å²) < 4.78 is 3.82. The van der Waals surface area contributed by atoms with E-state index in [1.54, 1.807) is 0 Å². The molecule has 122 valence electrons. The van der Waals surface area contributed by atoms with Crippen LogP contribution in [-0.4, -0.2) is 27.2 Å². The second kappa shape index (κ2) is 4.70. The maximum absolute atomic E-state index is 12.1. The lowest BCUT2D eigenvalue weighted by Crippen LogP contribution is -2.60. The number of aromatic amines is 1. The first kappa shape index (κ1) is 13.8. The molecule has 1 aliphatic heterocycles. The predicted molar refractivity (Wildman–Crippen MR) is 91.7 cm³/mol. The molecule has 1 aliphatic carbocycles. The third kappa shape index (κ3) is 1.86. The highest BCUT2D eigenvalue weighted by atomic mass is 16.2. The Kier molecular flexibility index (Phi) is 2.71. The van der Waals surface area contributed by atoms with Crippen LogP contribution in [0.4, 0.5) is 0 Å². The molecule has 6 heteroatoms. The summed E-state index contributed by atoms with van der Waals surface area (Å²) in [7, 11) is 0. The highest BCUT2D eigenvalue weighted by molar-refractivity contribution is 5.88. The average molecular weight is 322 g/mol. The minimum atomic E-state index is -0.411. The number of nitrogens with zero attached hydrogens (tertiary/aromatic N) is 2. The molecular formula is C18H18N4O2. The van der Waals surface area contributed by atoms with Gasteiger partial charge >= 0.3 is 5.69 Å². The normalized spacial score (nSPS) is 19.3. The smallest absolute Gasteiger partial charge is 0.332 e. The van der Waals surface area contributed by atoms with E-state index in [0.717, 1.165) is 29.7 Å². The first-order valence-electron chi connectivity index (χ1n) is 8.28. The van der Waals surface area contributed by atoms with Gasteiger partial charge in [-0.25, -0.2) is 4.79 Å². The molecular weight excluding hydrogens is 304 g/mol. The minimum Gasteiger partial charge on any atom is -0.344 e. The monoisotopic (exact) mass is 322 g/mol. The summed E-state index contributed by atoms with van der Waals surface area (Å²) in [6, 6.07) is 9.94. The van der Waals surface area contributed by atoms with Crippen molar-refractivity contribution in [2.24, 2.45) is 5.41 Å². The summed E-state index contributed by atoms with van der Waals surface area (Å²) in [5.74, 6) is 0. The first-order chi connectivity index (χ1) is 11.7. The van der Waals surface area contributed by atoms with Crippen LogP contribution in [0, 0.1) is 5.41 Å². The van der Waals surface area contributed by atoms with Crippen LogP contribution in [0.25, 0.3) is 16.6 Å². The standard InChI is InChI=1S/C18H18N4O2/c23-16-5-7-22(17(24)20-16)15-3-1-2-14-13(15)4-6-21(14)12-8-18(9-12)10-19-11-18/h1-7,12,19H,8-11H2,(H,20,23,24). The van der Waals surface area contributed by atoms with Crippen LogP contribution in [0.5, 0.6) is 0 Å². The minimum absolute atomic E-state index is 0.380. The van der Waals surface area contributed by atoms with E-state index in [1.165, 1.54) is 29.7 Å². The maximum Gasteiger partial charge on any atom is 0.332 e. The summed E-state index contributed by atoms with van der Waals surface area (Å²) in [5.41, 5.74) is 1.67. The molecule has 2 N–H and O–H groups in total. The Hall–Kier alpha value is -2.60. The molecule has 1 aromatic carbocycles. The fourth-order valence-corrected chi connectivity index (χ4v) is 4.21. The number of hydrogen-bond acceptors (Lipinski definition) is 3. The molecule has 1 saturated heterocycles. The lowest BCUT2D eigenvalue weighted by atomic mass is 9.61. The van der Waals surface area contributed by atoms with Gasteiger partial charge in [-0.05, 0) is 36.5 Å². The van der Waals surface area contributed by atoms with Crippen LogP contribution in [0.2, 0.25) is 0 Å². The second-order valence-electron chi connectivity index (χ2n) is 7.08. The van der Waals surface area contributed by atoms with E-state index in [2.05, 4.69) is 33.2 Å². The Morgan fingerprint density at radius 3 is 2.58 bits per heavy atom. The van der Waals surface area contributed by atoms with Crippen molar-refractivity contribution >= 4 is 10.9 Å². The molecule has 0 bridgehead atoms. The maximum atomic E-state index is 12.1. The van der Waals surface area contributed by atoms with Gasteiger partial charge in [0.05, 0.1) is 11.2 Å². The van der Waals surface area contributed by atoms with Gasteiger partial charge in [0, 0.05) is 43.0 Å². The first-order valence-corrected chi connectivity index (χ1v) is 8.28. The Morgan fingerprint density at radius 2 is 1.88 bits per heavy atom. The number of hydrogen-bond donors (Lipinski definition) is 2. The second-order valence-corrected chi connectivity index (χ2v) is 7.08. The molecule has 24 heavy (non-hydrogen) atoms. The van der Waals surface area contributed by atoms with E-state index in [4.69, 9.17) is 0 Å². The van der Waals surface area contributed by atoms with E-state index in [-0.39, 0.29) is 5.56 Å². The van der Waals surface area contributed by atoms with Gasteiger partial charge in [0.1, 0.15) is 0 Å². The van der Waals surface area contributed by atoms with E-state index < -0.39 is 5.69 Å². The van der Waals surface area contributed by atoms with Crippen LogP contribution in [0.1, 0.15) is 18.9 Å². The van der Waals surface area contributed by atoms with Gasteiger partial charge in [0.15, 0.2) is 0 Å². The topological polar surface area (TPSA) is 71.8 Å². The highest BCUT2D eigenvalue weighted by Gasteiger charge is 2.49. The van der Waals surface area contributed by atoms with Gasteiger partial charge in [0.2, 0.25) is 0 Å². The van der Waals surface area contributed by atoms with E-state index in [1.807, 2.05) is 12.1 Å². The highest BCUT2D eigenvalue weighted by Crippen LogP contribution is 2.51. The zero-order valence-electron chi connectivity index (χ0n) is 13.2. The van der Waals surface area contributed by atoms with Crippen molar-refractivity contribution in [3.8, 4) is 5.69 Å². The molecule has 2 aromatic heterocycles. The molecule has 5 rings (SSSR count). The molecule has 1 spiro atoms. The van der Waals surface area contributed by atoms with Gasteiger partial charge < -0.3 is 9.88 Å². The van der Waals surface area contributed by atoms with Crippen LogP contribution in [-0.2, 0) is 0 Å². The Labute approximate surface area is 137 Å². The Balaban J connectivity index is 1.59. The number of rotatable bonds is 2. The molecule has 1 saturated carbocycles. The summed E-state index contributed by atoms with van der Waals surface area (Å²) in [5, 5.41) is 4.40. The summed E-state index contributed by atoms with van der Waals surface area (Å²) in [4.78, 5) is 25.7. The van der Waals surface area contributed by atoms with Crippen LogP contribution < -0.4 is 16.6 Å². The molecule has 6 nitrogen and oxygen atoms in total. The van der Waals surface area contributed by atoms with Gasteiger partial charge in [-0.15, -0.1) is 0 Å². The SMILES string of the molecule is O=c1ccn(-c2cccc3c2ccn3C2CC3(CNC3)C2)c(=O)[nH]1. The zero-order valence-corrected chi connectivity index (χ0v) is 13.2. The van der Waals surface area contributed by atoms with Crippen molar-refractivity contribution in [1.29, 1.82) is 0 Å². The van der Waals surface area contributed by atoms with Gasteiger partial charge in [-0.1, -0.05) is 6.07 Å². The molecule has 3 aromatic rings. The lowest BCUT2D eigenvalue weighted by molar-refractivity contribution is 0.00940. The van der Waals surface area contributed by atoms with Crippen molar-refractivity contribution in [1.82, 2.24) is 19.4 Å². The number of benzene rings is 1. The predicted octanol–water partition coefficient (Wildman–Crippen LogP) is 1.40. The van der Waals surface area contributed by atoms with Crippen molar-refractivity contribution in [3.05, 3.63) is 63.6 Å². The quantitative estimate of drug-likeness (QED) is 0.749. The van der Waals surface area contributed by atoms with Crippen LogP contribution in [0.3, 0.4) is 0 Å². The summed E-state index contributed by atoms with van der Waals surface area (Å²) >= 11 is 0. The molecule has 2 aliphatic rings.